The molecular formula is C25H33N3O4S. The van der Waals surface area contributed by atoms with E-state index in [0.29, 0.717) is 25.9 Å². The van der Waals surface area contributed by atoms with E-state index in [1.807, 2.05) is 24.3 Å². The van der Waals surface area contributed by atoms with Crippen molar-refractivity contribution in [3.8, 4) is 0 Å². The summed E-state index contributed by atoms with van der Waals surface area (Å²) in [6.07, 6.45) is 4.45. The quantitative estimate of drug-likeness (QED) is 0.554. The number of unbranched alkanes of at least 4 members (excludes halogenated alkanes) is 1. The van der Waals surface area contributed by atoms with Crippen molar-refractivity contribution in [3.63, 3.8) is 0 Å². The van der Waals surface area contributed by atoms with Gasteiger partial charge in [-0.3, -0.25) is 9.59 Å². The van der Waals surface area contributed by atoms with Gasteiger partial charge in [-0.2, -0.15) is 4.31 Å². The standard InChI is InChI=1S/C25H33N3O4S/c1-2-3-7-20-10-12-22(13-11-20)27-24(29)14-17-26-25(30)21-15-18-28(19-16-21)33(31,32)23-8-5-4-6-9-23/h4-6,8-13,21H,2-3,7,14-19H2,1H3,(H,26,30)(H,27,29). The molecule has 0 atom stereocenters. The van der Waals surface area contributed by atoms with E-state index in [9.17, 15) is 18.0 Å². The summed E-state index contributed by atoms with van der Waals surface area (Å²) >= 11 is 0. The van der Waals surface area contributed by atoms with Crippen LogP contribution in [-0.2, 0) is 26.0 Å². The van der Waals surface area contributed by atoms with Crippen LogP contribution < -0.4 is 10.6 Å². The third-order valence-corrected chi connectivity index (χ3v) is 7.83. The fourth-order valence-corrected chi connectivity index (χ4v) is 5.39. The van der Waals surface area contributed by atoms with Gasteiger partial charge in [-0.1, -0.05) is 43.7 Å². The molecule has 0 bridgehead atoms. The van der Waals surface area contributed by atoms with Crippen molar-refractivity contribution in [2.24, 2.45) is 5.92 Å². The summed E-state index contributed by atoms with van der Waals surface area (Å²) in [7, 11) is -3.53. The Labute approximate surface area is 196 Å². The van der Waals surface area contributed by atoms with E-state index >= 15 is 0 Å². The molecule has 0 saturated carbocycles. The van der Waals surface area contributed by atoms with Gasteiger partial charge < -0.3 is 10.6 Å². The third kappa shape index (κ3) is 7.14. The molecule has 2 aromatic carbocycles. The number of aryl methyl sites for hydroxylation is 1. The zero-order valence-electron chi connectivity index (χ0n) is 19.1. The summed E-state index contributed by atoms with van der Waals surface area (Å²) < 4.78 is 26.9. The zero-order valence-corrected chi connectivity index (χ0v) is 19.9. The van der Waals surface area contributed by atoms with Crippen LogP contribution >= 0.6 is 0 Å². The molecule has 8 heteroatoms. The number of anilines is 1. The SMILES string of the molecule is CCCCc1ccc(NC(=O)CCNC(=O)C2CCN(S(=O)(=O)c3ccccc3)CC2)cc1. The van der Waals surface area contributed by atoms with Gasteiger partial charge in [-0.25, -0.2) is 8.42 Å². The molecule has 7 nitrogen and oxygen atoms in total. The minimum Gasteiger partial charge on any atom is -0.355 e. The van der Waals surface area contributed by atoms with Crippen molar-refractivity contribution >= 4 is 27.5 Å². The van der Waals surface area contributed by atoms with Crippen LogP contribution in [0.3, 0.4) is 0 Å². The van der Waals surface area contributed by atoms with Crippen molar-refractivity contribution in [3.05, 3.63) is 60.2 Å². The van der Waals surface area contributed by atoms with Crippen LogP contribution in [0.2, 0.25) is 0 Å². The second kappa shape index (κ2) is 12.0. The molecule has 0 unspecified atom stereocenters. The topological polar surface area (TPSA) is 95.6 Å². The Balaban J connectivity index is 1.38. The van der Waals surface area contributed by atoms with Gasteiger partial charge in [0.05, 0.1) is 4.90 Å². The normalized spacial score (nSPS) is 15.2. The molecule has 0 spiro atoms. The fourth-order valence-electron chi connectivity index (χ4n) is 3.90. The van der Waals surface area contributed by atoms with Gasteiger partial charge in [-0.05, 0) is 55.5 Å². The number of sulfonamides is 1. The lowest BCUT2D eigenvalue weighted by molar-refractivity contribution is -0.126. The van der Waals surface area contributed by atoms with Gasteiger partial charge in [0.2, 0.25) is 21.8 Å². The fraction of sp³-hybridized carbons (Fsp3) is 0.440. The molecule has 0 aromatic heterocycles. The van der Waals surface area contributed by atoms with Crippen LogP contribution in [-0.4, -0.2) is 44.2 Å². The Bertz CT molecular complexity index is 1020. The minimum atomic E-state index is -3.53. The van der Waals surface area contributed by atoms with Gasteiger partial charge in [0, 0.05) is 37.7 Å². The lowest BCUT2D eigenvalue weighted by Gasteiger charge is -2.30. The van der Waals surface area contributed by atoms with Gasteiger partial charge in [0.1, 0.15) is 0 Å². The highest BCUT2D eigenvalue weighted by molar-refractivity contribution is 7.89. The van der Waals surface area contributed by atoms with Crippen LogP contribution in [0.4, 0.5) is 5.69 Å². The van der Waals surface area contributed by atoms with Crippen LogP contribution in [0.15, 0.2) is 59.5 Å². The van der Waals surface area contributed by atoms with Crippen molar-refractivity contribution < 1.29 is 18.0 Å². The van der Waals surface area contributed by atoms with E-state index in [-0.39, 0.29) is 35.6 Å². The molecule has 0 radical (unpaired) electrons. The molecular weight excluding hydrogens is 438 g/mol. The molecule has 1 aliphatic heterocycles. The number of rotatable bonds is 10. The average Bonchev–Trinajstić information content (AvgIpc) is 2.84. The van der Waals surface area contributed by atoms with E-state index in [2.05, 4.69) is 17.6 Å². The highest BCUT2D eigenvalue weighted by Crippen LogP contribution is 2.23. The summed E-state index contributed by atoms with van der Waals surface area (Å²) in [6, 6.07) is 16.2. The Kier molecular flexibility index (Phi) is 9.03. The first kappa shape index (κ1) is 24.9. The molecule has 1 aliphatic rings. The summed E-state index contributed by atoms with van der Waals surface area (Å²) in [6.45, 7) is 3.03. The average molecular weight is 472 g/mol. The number of piperidine rings is 1. The molecule has 1 heterocycles. The minimum absolute atomic E-state index is 0.125. The molecule has 2 amide bonds. The Morgan fingerprint density at radius 1 is 1.00 bits per heavy atom. The number of hydrogen-bond donors (Lipinski definition) is 2. The van der Waals surface area contributed by atoms with Crippen LogP contribution in [0.5, 0.6) is 0 Å². The highest BCUT2D eigenvalue weighted by atomic mass is 32.2. The number of benzene rings is 2. The Morgan fingerprint density at radius 2 is 1.67 bits per heavy atom. The van der Waals surface area contributed by atoms with Crippen LogP contribution in [0.1, 0.15) is 44.6 Å². The first-order valence-corrected chi connectivity index (χ1v) is 13.1. The van der Waals surface area contributed by atoms with Crippen LogP contribution in [0, 0.1) is 5.92 Å². The number of nitrogens with zero attached hydrogens (tertiary/aromatic N) is 1. The van der Waals surface area contributed by atoms with E-state index in [1.54, 1.807) is 30.3 Å². The molecule has 2 aromatic rings. The summed E-state index contributed by atoms with van der Waals surface area (Å²) in [5, 5.41) is 5.67. The predicted octanol–water partition coefficient (Wildman–Crippen LogP) is 3.57. The molecule has 33 heavy (non-hydrogen) atoms. The summed E-state index contributed by atoms with van der Waals surface area (Å²) in [4.78, 5) is 24.9. The number of amides is 2. The van der Waals surface area contributed by atoms with Crippen molar-refractivity contribution in [2.75, 3.05) is 25.0 Å². The Hall–Kier alpha value is -2.71. The van der Waals surface area contributed by atoms with Crippen molar-refractivity contribution in [1.29, 1.82) is 0 Å². The molecule has 0 aliphatic carbocycles. The first-order valence-electron chi connectivity index (χ1n) is 11.6. The van der Waals surface area contributed by atoms with E-state index in [1.165, 1.54) is 9.87 Å². The first-order chi connectivity index (χ1) is 15.9. The lowest BCUT2D eigenvalue weighted by atomic mass is 9.97. The zero-order chi connectivity index (χ0) is 23.7. The maximum absolute atomic E-state index is 12.7. The highest BCUT2D eigenvalue weighted by Gasteiger charge is 2.31. The molecule has 178 valence electrons. The van der Waals surface area contributed by atoms with Gasteiger partial charge >= 0.3 is 0 Å². The number of nitrogens with one attached hydrogen (secondary N) is 2. The number of hydrogen-bond acceptors (Lipinski definition) is 4. The predicted molar refractivity (Wildman–Crippen MR) is 129 cm³/mol. The van der Waals surface area contributed by atoms with Gasteiger partial charge in [-0.15, -0.1) is 0 Å². The summed E-state index contributed by atoms with van der Waals surface area (Å²) in [5.74, 6) is -0.522. The maximum Gasteiger partial charge on any atom is 0.243 e. The van der Waals surface area contributed by atoms with Crippen LogP contribution in [0.25, 0.3) is 0 Å². The second-order valence-corrected chi connectivity index (χ2v) is 10.3. The molecule has 1 fully saturated rings. The lowest BCUT2D eigenvalue weighted by Crippen LogP contribution is -2.43. The third-order valence-electron chi connectivity index (χ3n) is 5.91. The molecule has 1 saturated heterocycles. The monoisotopic (exact) mass is 471 g/mol. The maximum atomic E-state index is 12.7. The smallest absolute Gasteiger partial charge is 0.243 e. The van der Waals surface area contributed by atoms with E-state index in [4.69, 9.17) is 0 Å². The van der Waals surface area contributed by atoms with Gasteiger partial charge in [0.25, 0.3) is 0 Å². The largest absolute Gasteiger partial charge is 0.355 e. The second-order valence-electron chi connectivity index (χ2n) is 8.38. The van der Waals surface area contributed by atoms with Crippen molar-refractivity contribution in [1.82, 2.24) is 9.62 Å². The number of carbonyl (C=O) groups is 2. The van der Waals surface area contributed by atoms with E-state index < -0.39 is 10.0 Å². The van der Waals surface area contributed by atoms with E-state index in [0.717, 1.165) is 24.9 Å². The summed E-state index contributed by atoms with van der Waals surface area (Å²) in [5.41, 5.74) is 2.00. The van der Waals surface area contributed by atoms with Gasteiger partial charge in [0.15, 0.2) is 0 Å². The van der Waals surface area contributed by atoms with Crippen molar-refractivity contribution in [2.45, 2.75) is 50.3 Å². The molecule has 3 rings (SSSR count). The Morgan fingerprint density at radius 3 is 2.30 bits per heavy atom. The molecule has 2 N–H and O–H groups in total. The number of carbonyl (C=O) groups excluding carboxylic acids is 2.